The van der Waals surface area contributed by atoms with E-state index in [1.807, 2.05) is 13.0 Å². The van der Waals surface area contributed by atoms with Crippen molar-refractivity contribution in [3.8, 4) is 0 Å². The molecule has 1 aromatic carbocycles. The number of fused-ring (bicyclic) bond motifs is 1. The molecule has 204 valence electrons. The van der Waals surface area contributed by atoms with Crippen molar-refractivity contribution in [1.82, 2.24) is 4.72 Å². The Morgan fingerprint density at radius 3 is 2.31 bits per heavy atom. The molecular formula is C27H45NO6SSi. The Morgan fingerprint density at radius 1 is 1.08 bits per heavy atom. The molecule has 3 atom stereocenters. The molecule has 7 nitrogen and oxygen atoms in total. The van der Waals surface area contributed by atoms with E-state index >= 15 is 0 Å². The van der Waals surface area contributed by atoms with Gasteiger partial charge in [-0.15, -0.1) is 0 Å². The molecular weight excluding hydrogens is 494 g/mol. The molecule has 0 spiro atoms. The normalized spacial score (nSPS) is 25.1. The predicted molar refractivity (Wildman–Crippen MR) is 145 cm³/mol. The highest BCUT2D eigenvalue weighted by molar-refractivity contribution is 7.89. The fraction of sp³-hybridized carbons (Fsp3) is 0.704. The summed E-state index contributed by atoms with van der Waals surface area (Å²) in [4.78, 5) is 0.247. The molecule has 2 aliphatic rings. The van der Waals surface area contributed by atoms with Gasteiger partial charge in [-0.2, -0.15) is 0 Å². The van der Waals surface area contributed by atoms with Crippen molar-refractivity contribution in [3.63, 3.8) is 0 Å². The molecule has 0 amide bonds. The fourth-order valence-corrected chi connectivity index (χ4v) is 11.1. The van der Waals surface area contributed by atoms with Gasteiger partial charge in [-0.05, 0) is 31.1 Å². The Kier molecular flexibility index (Phi) is 9.30. The second kappa shape index (κ2) is 11.4. The first kappa shape index (κ1) is 29.5. The zero-order chi connectivity index (χ0) is 26.8. The average Bonchev–Trinajstić information content (AvgIpc) is 2.95. The molecule has 0 aromatic heterocycles. The third kappa shape index (κ3) is 6.49. The van der Waals surface area contributed by atoms with Gasteiger partial charge in [0.05, 0.1) is 17.6 Å². The van der Waals surface area contributed by atoms with E-state index in [0.717, 1.165) is 24.0 Å². The van der Waals surface area contributed by atoms with Crippen LogP contribution >= 0.6 is 0 Å². The third-order valence-electron chi connectivity index (χ3n) is 6.92. The summed E-state index contributed by atoms with van der Waals surface area (Å²) < 4.78 is 54.9. The van der Waals surface area contributed by atoms with Crippen LogP contribution in [0.2, 0.25) is 10.1 Å². The number of sulfonamides is 1. The topological polar surface area (TPSA) is 83.1 Å². The standard InChI is InChI=1S/C27H45NO6SSi/c1-9-10-17-31-24-16-13-21(18-28-35(29,30)22-14-11-20(2)12-15-22)25-23(33-24)19-32-36(34-25,26(3,4)5)27(6,7)8/h11-15,23-25,28H,9-10,16-19H2,1-8H3/t23-,24+,25-/m1/s1. The lowest BCUT2D eigenvalue weighted by atomic mass is 10.0. The van der Waals surface area contributed by atoms with Crippen molar-refractivity contribution in [2.75, 3.05) is 19.8 Å². The monoisotopic (exact) mass is 539 g/mol. The molecule has 1 fully saturated rings. The Balaban J connectivity index is 1.90. The fourth-order valence-electron chi connectivity index (χ4n) is 5.14. The maximum Gasteiger partial charge on any atom is 0.349 e. The van der Waals surface area contributed by atoms with Gasteiger partial charge in [-0.25, -0.2) is 13.1 Å². The SMILES string of the molecule is CCCCO[C@@H]1CC=C(CNS(=O)(=O)c2ccc(C)cc2)[C@H]2O[Si](C(C)(C)C)(C(C)(C)C)OC[C@H]2O1. The van der Waals surface area contributed by atoms with Gasteiger partial charge >= 0.3 is 8.56 Å². The van der Waals surface area contributed by atoms with Gasteiger partial charge in [-0.1, -0.05) is 78.7 Å². The van der Waals surface area contributed by atoms with Crippen molar-refractivity contribution in [2.45, 2.75) is 108 Å². The van der Waals surface area contributed by atoms with E-state index in [1.165, 1.54) is 0 Å². The first-order valence-electron chi connectivity index (χ1n) is 13.0. The minimum atomic E-state index is -3.68. The highest BCUT2D eigenvalue weighted by Gasteiger charge is 2.62. The first-order valence-corrected chi connectivity index (χ1v) is 16.3. The zero-order valence-corrected chi connectivity index (χ0v) is 25.0. The van der Waals surface area contributed by atoms with Crippen LogP contribution in [0.1, 0.15) is 73.3 Å². The van der Waals surface area contributed by atoms with Crippen LogP contribution in [-0.2, 0) is 28.3 Å². The van der Waals surface area contributed by atoms with E-state index < -0.39 is 31.0 Å². The highest BCUT2D eigenvalue weighted by Crippen LogP contribution is 2.55. The number of hydrogen-bond donors (Lipinski definition) is 1. The van der Waals surface area contributed by atoms with Crippen molar-refractivity contribution < 1.29 is 26.7 Å². The lowest BCUT2D eigenvalue weighted by Crippen LogP contribution is -2.65. The van der Waals surface area contributed by atoms with Crippen LogP contribution in [0, 0.1) is 6.92 Å². The predicted octanol–water partition coefficient (Wildman–Crippen LogP) is 5.59. The Hall–Kier alpha value is -1.07. The smallest absolute Gasteiger partial charge is 0.349 e. The highest BCUT2D eigenvalue weighted by atomic mass is 32.2. The van der Waals surface area contributed by atoms with Crippen LogP contribution in [-0.4, -0.2) is 55.2 Å². The number of rotatable bonds is 8. The van der Waals surface area contributed by atoms with Gasteiger partial charge < -0.3 is 18.3 Å². The number of ether oxygens (including phenoxy) is 2. The molecule has 2 aliphatic heterocycles. The second-order valence-electron chi connectivity index (χ2n) is 11.9. The number of hydrogen-bond acceptors (Lipinski definition) is 6. The first-order chi connectivity index (χ1) is 16.7. The summed E-state index contributed by atoms with van der Waals surface area (Å²) in [5.41, 5.74) is 1.88. The molecule has 1 saturated heterocycles. The number of aryl methyl sites for hydroxylation is 1. The Morgan fingerprint density at radius 2 is 1.72 bits per heavy atom. The zero-order valence-electron chi connectivity index (χ0n) is 23.2. The van der Waals surface area contributed by atoms with E-state index in [9.17, 15) is 8.42 Å². The molecule has 0 bridgehead atoms. The minimum Gasteiger partial charge on any atom is -0.391 e. The average molecular weight is 540 g/mol. The molecule has 0 aliphatic carbocycles. The van der Waals surface area contributed by atoms with Crippen molar-refractivity contribution in [1.29, 1.82) is 0 Å². The molecule has 36 heavy (non-hydrogen) atoms. The van der Waals surface area contributed by atoms with Crippen LogP contribution in [0.5, 0.6) is 0 Å². The van der Waals surface area contributed by atoms with Gasteiger partial charge in [0, 0.05) is 29.6 Å². The van der Waals surface area contributed by atoms with Crippen LogP contribution in [0.15, 0.2) is 40.8 Å². The number of nitrogens with one attached hydrogen (secondary N) is 1. The largest absolute Gasteiger partial charge is 0.391 e. The van der Waals surface area contributed by atoms with E-state index in [0.29, 0.717) is 19.6 Å². The van der Waals surface area contributed by atoms with Crippen molar-refractivity contribution in [2.24, 2.45) is 0 Å². The van der Waals surface area contributed by atoms with Crippen molar-refractivity contribution >= 4 is 18.6 Å². The summed E-state index contributed by atoms with van der Waals surface area (Å²) in [6.45, 7) is 18.2. The van der Waals surface area contributed by atoms with Gasteiger partial charge in [0.15, 0.2) is 6.29 Å². The molecule has 1 aromatic rings. The number of unbranched alkanes of at least 4 members (excludes halogenated alkanes) is 1. The van der Waals surface area contributed by atoms with E-state index in [4.69, 9.17) is 18.3 Å². The van der Waals surface area contributed by atoms with Gasteiger partial charge in [0.2, 0.25) is 10.0 Å². The van der Waals surface area contributed by atoms with Crippen LogP contribution in [0.4, 0.5) is 0 Å². The van der Waals surface area contributed by atoms with Gasteiger partial charge in [0.1, 0.15) is 6.10 Å². The third-order valence-corrected chi connectivity index (χ3v) is 13.4. The number of benzene rings is 1. The summed E-state index contributed by atoms with van der Waals surface area (Å²) in [5, 5.41) is -0.405. The van der Waals surface area contributed by atoms with E-state index in [2.05, 4.69) is 53.2 Å². The molecule has 0 saturated carbocycles. The summed E-state index contributed by atoms with van der Waals surface area (Å²) in [6, 6.07) is 6.86. The maximum absolute atomic E-state index is 13.1. The molecule has 3 rings (SSSR count). The summed E-state index contributed by atoms with van der Waals surface area (Å²) in [6.07, 6.45) is 3.36. The maximum atomic E-state index is 13.1. The Labute approximate surface area is 219 Å². The van der Waals surface area contributed by atoms with Gasteiger partial charge in [0.25, 0.3) is 0 Å². The summed E-state index contributed by atoms with van der Waals surface area (Å²) >= 11 is 0. The van der Waals surface area contributed by atoms with Crippen molar-refractivity contribution in [3.05, 3.63) is 41.5 Å². The Bertz CT molecular complexity index is 996. The molecule has 0 unspecified atom stereocenters. The van der Waals surface area contributed by atoms with Crippen LogP contribution < -0.4 is 4.72 Å². The van der Waals surface area contributed by atoms with Crippen LogP contribution in [0.3, 0.4) is 0 Å². The quantitative estimate of drug-likeness (QED) is 0.263. The van der Waals surface area contributed by atoms with Crippen LogP contribution in [0.25, 0.3) is 0 Å². The molecule has 1 N–H and O–H groups in total. The lowest BCUT2D eigenvalue weighted by molar-refractivity contribution is -0.202. The lowest BCUT2D eigenvalue weighted by Gasteiger charge is -2.54. The summed E-state index contributed by atoms with van der Waals surface area (Å²) in [7, 11) is -6.48. The minimum absolute atomic E-state index is 0.140. The molecule has 2 heterocycles. The molecule has 0 radical (unpaired) electrons. The second-order valence-corrected chi connectivity index (χ2v) is 18.5. The van der Waals surface area contributed by atoms with Gasteiger partial charge in [-0.3, -0.25) is 0 Å². The molecule has 9 heteroatoms. The summed E-state index contributed by atoms with van der Waals surface area (Å²) in [5.74, 6) is 0. The van der Waals surface area contributed by atoms with E-state index in [-0.39, 0.29) is 27.6 Å². The van der Waals surface area contributed by atoms with E-state index in [1.54, 1.807) is 24.3 Å².